The fourth-order valence-corrected chi connectivity index (χ4v) is 1.45. The van der Waals surface area contributed by atoms with Crippen molar-refractivity contribution in [1.82, 2.24) is 4.98 Å². The number of halogens is 2. The lowest BCUT2D eigenvalue weighted by molar-refractivity contribution is 0.0526. The van der Waals surface area contributed by atoms with Gasteiger partial charge in [0.2, 0.25) is 11.7 Å². The summed E-state index contributed by atoms with van der Waals surface area (Å²) in [5.74, 6) is -2.85. The van der Waals surface area contributed by atoms with Gasteiger partial charge in [0.25, 0.3) is 0 Å². The highest BCUT2D eigenvalue weighted by molar-refractivity contribution is 5.89. The Morgan fingerprint density at radius 3 is 2.70 bits per heavy atom. The summed E-state index contributed by atoms with van der Waals surface area (Å²) in [6.07, 6.45) is 1.24. The van der Waals surface area contributed by atoms with Crippen LogP contribution in [0.15, 0.2) is 36.5 Å². The molecule has 104 valence electrons. The summed E-state index contributed by atoms with van der Waals surface area (Å²) in [6, 6.07) is 6.38. The van der Waals surface area contributed by atoms with Crippen LogP contribution >= 0.6 is 0 Å². The Balaban J connectivity index is 2.15. The van der Waals surface area contributed by atoms with Crippen LogP contribution in [0.1, 0.15) is 17.3 Å². The summed E-state index contributed by atoms with van der Waals surface area (Å²) in [5, 5.41) is 0. The van der Waals surface area contributed by atoms with E-state index in [1.165, 1.54) is 30.5 Å². The van der Waals surface area contributed by atoms with Crippen molar-refractivity contribution in [2.45, 2.75) is 6.92 Å². The van der Waals surface area contributed by atoms with E-state index in [2.05, 4.69) is 4.98 Å². The molecule has 0 amide bonds. The van der Waals surface area contributed by atoms with Gasteiger partial charge in [-0.2, -0.15) is 4.39 Å². The lowest BCUT2D eigenvalue weighted by atomic mass is 10.3. The number of esters is 1. The smallest absolute Gasteiger partial charge is 0.339 e. The van der Waals surface area contributed by atoms with Gasteiger partial charge in [-0.05, 0) is 25.1 Å². The average Bonchev–Trinajstić information content (AvgIpc) is 2.45. The summed E-state index contributed by atoms with van der Waals surface area (Å²) >= 11 is 0. The molecule has 4 nitrogen and oxygen atoms in total. The maximum absolute atomic E-state index is 13.4. The molecule has 1 aromatic heterocycles. The average molecular weight is 279 g/mol. The molecular weight excluding hydrogens is 268 g/mol. The second-order valence-corrected chi connectivity index (χ2v) is 3.76. The van der Waals surface area contributed by atoms with Crippen LogP contribution in [0, 0.1) is 11.6 Å². The Morgan fingerprint density at radius 2 is 2.05 bits per heavy atom. The zero-order valence-electron chi connectivity index (χ0n) is 10.6. The zero-order valence-corrected chi connectivity index (χ0v) is 10.6. The molecule has 0 saturated heterocycles. The molecule has 0 bridgehead atoms. The molecule has 2 aromatic rings. The molecule has 0 aliphatic carbocycles. The molecular formula is C14H11F2NO3. The van der Waals surface area contributed by atoms with Gasteiger partial charge in [-0.3, -0.25) is 0 Å². The van der Waals surface area contributed by atoms with Gasteiger partial charge in [0.1, 0.15) is 0 Å². The molecule has 0 saturated carbocycles. The number of pyridine rings is 1. The van der Waals surface area contributed by atoms with E-state index in [-0.39, 0.29) is 23.8 Å². The Labute approximate surface area is 114 Å². The predicted molar refractivity (Wildman–Crippen MR) is 66.6 cm³/mol. The van der Waals surface area contributed by atoms with Crippen molar-refractivity contribution in [1.29, 1.82) is 0 Å². The van der Waals surface area contributed by atoms with Crippen molar-refractivity contribution in [3.05, 3.63) is 53.7 Å². The fraction of sp³-hybridized carbons (Fsp3) is 0.143. The molecule has 1 aromatic carbocycles. The summed E-state index contributed by atoms with van der Waals surface area (Å²) < 4.78 is 36.3. The first-order valence-electron chi connectivity index (χ1n) is 5.87. The Kier molecular flexibility index (Phi) is 4.24. The number of hydrogen-bond acceptors (Lipinski definition) is 4. The largest absolute Gasteiger partial charge is 0.462 e. The number of nitrogens with zero attached hydrogens (tertiary/aromatic N) is 1. The summed E-state index contributed by atoms with van der Waals surface area (Å²) in [6.45, 7) is 1.95. The van der Waals surface area contributed by atoms with Crippen LogP contribution in [0.4, 0.5) is 8.78 Å². The van der Waals surface area contributed by atoms with Gasteiger partial charge in [-0.15, -0.1) is 0 Å². The van der Waals surface area contributed by atoms with Gasteiger partial charge in [0.15, 0.2) is 11.6 Å². The lowest BCUT2D eigenvalue weighted by Gasteiger charge is -2.06. The fourth-order valence-electron chi connectivity index (χ4n) is 1.45. The van der Waals surface area contributed by atoms with Crippen molar-refractivity contribution >= 4 is 5.97 Å². The molecule has 6 heteroatoms. The minimum atomic E-state index is -1.09. The number of carbonyl (C=O) groups is 1. The highest BCUT2D eigenvalue weighted by atomic mass is 19.2. The maximum atomic E-state index is 13.4. The monoisotopic (exact) mass is 279 g/mol. The highest BCUT2D eigenvalue weighted by Gasteiger charge is 2.11. The van der Waals surface area contributed by atoms with Gasteiger partial charge in [0.05, 0.1) is 12.2 Å². The molecule has 0 radical (unpaired) electrons. The van der Waals surface area contributed by atoms with Crippen LogP contribution in [-0.4, -0.2) is 17.6 Å². The first-order valence-corrected chi connectivity index (χ1v) is 5.87. The van der Waals surface area contributed by atoms with E-state index in [9.17, 15) is 13.6 Å². The van der Waals surface area contributed by atoms with E-state index >= 15 is 0 Å². The normalized spacial score (nSPS) is 10.2. The standard InChI is InChI=1S/C14H11F2NO3/c1-2-19-14(18)9-6-7-12(17-8-9)20-11-5-3-4-10(15)13(11)16/h3-8H,2H2,1H3. The van der Waals surface area contributed by atoms with Crippen molar-refractivity contribution in [2.75, 3.05) is 6.61 Å². The molecule has 20 heavy (non-hydrogen) atoms. The number of benzene rings is 1. The first kappa shape index (κ1) is 13.9. The Hall–Kier alpha value is -2.50. The number of hydrogen-bond donors (Lipinski definition) is 0. The quantitative estimate of drug-likeness (QED) is 0.805. The Bertz CT molecular complexity index is 614. The summed E-state index contributed by atoms with van der Waals surface area (Å²) in [7, 11) is 0. The molecule has 0 atom stereocenters. The van der Waals surface area contributed by atoms with Crippen LogP contribution in [-0.2, 0) is 4.74 Å². The number of aromatic nitrogens is 1. The third kappa shape index (κ3) is 3.09. The van der Waals surface area contributed by atoms with Crippen molar-refractivity contribution in [3.8, 4) is 11.6 Å². The first-order chi connectivity index (χ1) is 9.61. The van der Waals surface area contributed by atoms with E-state index in [0.717, 1.165) is 6.07 Å². The molecule has 1 heterocycles. The summed E-state index contributed by atoms with van der Waals surface area (Å²) in [5.41, 5.74) is 0.249. The van der Waals surface area contributed by atoms with Crippen LogP contribution < -0.4 is 4.74 Å². The zero-order chi connectivity index (χ0) is 14.5. The van der Waals surface area contributed by atoms with E-state index < -0.39 is 17.6 Å². The number of carbonyl (C=O) groups excluding carboxylic acids is 1. The second kappa shape index (κ2) is 6.10. The maximum Gasteiger partial charge on any atom is 0.339 e. The van der Waals surface area contributed by atoms with Gasteiger partial charge >= 0.3 is 5.97 Å². The van der Waals surface area contributed by atoms with E-state index in [1.54, 1.807) is 6.92 Å². The van der Waals surface area contributed by atoms with Crippen LogP contribution in [0.5, 0.6) is 11.6 Å². The SMILES string of the molecule is CCOC(=O)c1ccc(Oc2cccc(F)c2F)nc1. The molecule has 0 spiro atoms. The predicted octanol–water partition coefficient (Wildman–Crippen LogP) is 3.33. The van der Waals surface area contributed by atoms with Crippen molar-refractivity contribution in [3.63, 3.8) is 0 Å². The van der Waals surface area contributed by atoms with Gasteiger partial charge in [0, 0.05) is 12.3 Å². The molecule has 0 aliphatic heterocycles. The van der Waals surface area contributed by atoms with E-state index in [1.807, 2.05) is 0 Å². The van der Waals surface area contributed by atoms with E-state index in [4.69, 9.17) is 9.47 Å². The summed E-state index contributed by atoms with van der Waals surface area (Å²) in [4.78, 5) is 15.2. The van der Waals surface area contributed by atoms with Crippen LogP contribution in [0.2, 0.25) is 0 Å². The minimum Gasteiger partial charge on any atom is -0.462 e. The topological polar surface area (TPSA) is 48.4 Å². The molecule has 0 aliphatic rings. The highest BCUT2D eigenvalue weighted by Crippen LogP contribution is 2.24. The van der Waals surface area contributed by atoms with Crippen LogP contribution in [0.25, 0.3) is 0 Å². The van der Waals surface area contributed by atoms with Gasteiger partial charge < -0.3 is 9.47 Å². The van der Waals surface area contributed by atoms with E-state index in [0.29, 0.717) is 0 Å². The van der Waals surface area contributed by atoms with Crippen LogP contribution in [0.3, 0.4) is 0 Å². The molecule has 0 N–H and O–H groups in total. The van der Waals surface area contributed by atoms with Gasteiger partial charge in [-0.1, -0.05) is 6.07 Å². The molecule has 2 rings (SSSR count). The van der Waals surface area contributed by atoms with Crippen molar-refractivity contribution in [2.24, 2.45) is 0 Å². The number of ether oxygens (including phenoxy) is 2. The second-order valence-electron chi connectivity index (χ2n) is 3.76. The number of rotatable bonds is 4. The third-order valence-electron chi connectivity index (χ3n) is 2.38. The van der Waals surface area contributed by atoms with Crippen molar-refractivity contribution < 1.29 is 23.0 Å². The molecule has 0 fully saturated rings. The Morgan fingerprint density at radius 1 is 1.25 bits per heavy atom. The van der Waals surface area contributed by atoms with Gasteiger partial charge in [-0.25, -0.2) is 14.2 Å². The minimum absolute atomic E-state index is 0.0440. The lowest BCUT2D eigenvalue weighted by Crippen LogP contribution is -2.05. The third-order valence-corrected chi connectivity index (χ3v) is 2.38. The molecule has 0 unspecified atom stereocenters.